The minimum absolute atomic E-state index is 0.0740. The number of rotatable bonds is 10. The Kier molecular flexibility index (Phi) is 8.42. The van der Waals surface area contributed by atoms with Crippen LogP contribution in [0, 0.1) is 11.8 Å². The summed E-state index contributed by atoms with van der Waals surface area (Å²) in [5.74, 6) is -1.04. The van der Waals surface area contributed by atoms with Gasteiger partial charge in [0.1, 0.15) is 11.6 Å². The average molecular weight is 606 g/mol. The van der Waals surface area contributed by atoms with E-state index in [1.807, 2.05) is 60.9 Å². The number of thioether (sulfide) groups is 1. The number of ether oxygens (including phenoxy) is 3. The molecular formula is C33H39N3O6S. The zero-order chi connectivity index (χ0) is 30.1. The minimum Gasteiger partial charge on any atom is -0.493 e. The lowest BCUT2D eigenvalue weighted by molar-refractivity contribution is -0.141. The largest absolute Gasteiger partial charge is 0.493 e. The molecule has 1 aliphatic carbocycles. The highest BCUT2D eigenvalue weighted by molar-refractivity contribution is 7.98. The summed E-state index contributed by atoms with van der Waals surface area (Å²) in [6.45, 7) is 0.293. The van der Waals surface area contributed by atoms with E-state index in [4.69, 9.17) is 14.2 Å². The van der Waals surface area contributed by atoms with Crippen LogP contribution >= 0.6 is 11.8 Å². The summed E-state index contributed by atoms with van der Waals surface area (Å²) in [4.78, 5) is 44.8. The highest BCUT2D eigenvalue weighted by atomic mass is 32.2. The highest BCUT2D eigenvalue weighted by Crippen LogP contribution is 2.55. The van der Waals surface area contributed by atoms with Crippen LogP contribution in [0.2, 0.25) is 0 Å². The molecule has 43 heavy (non-hydrogen) atoms. The molecule has 9 nitrogen and oxygen atoms in total. The zero-order valence-electron chi connectivity index (χ0n) is 24.8. The van der Waals surface area contributed by atoms with E-state index in [1.165, 1.54) is 6.42 Å². The number of benzene rings is 2. The fourth-order valence-corrected chi connectivity index (χ4v) is 7.71. The third-order valence-electron chi connectivity index (χ3n) is 9.30. The van der Waals surface area contributed by atoms with Gasteiger partial charge >= 0.3 is 0 Å². The summed E-state index contributed by atoms with van der Waals surface area (Å²) in [6, 6.07) is 12.5. The third-order valence-corrected chi connectivity index (χ3v) is 10.0. The molecule has 0 aromatic heterocycles. The van der Waals surface area contributed by atoms with Crippen molar-refractivity contribution in [1.29, 1.82) is 0 Å². The molecule has 5 unspecified atom stereocenters. The van der Waals surface area contributed by atoms with Gasteiger partial charge in [-0.3, -0.25) is 14.4 Å². The second-order valence-corrected chi connectivity index (χ2v) is 12.6. The van der Waals surface area contributed by atoms with Crippen LogP contribution in [0.1, 0.15) is 37.7 Å². The Labute approximate surface area is 256 Å². The maximum atomic E-state index is 14.3. The molecule has 2 saturated heterocycles. The molecule has 3 fully saturated rings. The van der Waals surface area contributed by atoms with Gasteiger partial charge < -0.3 is 29.7 Å². The van der Waals surface area contributed by atoms with E-state index in [1.54, 1.807) is 30.9 Å². The van der Waals surface area contributed by atoms with Crippen LogP contribution in [-0.2, 0) is 25.5 Å². The van der Waals surface area contributed by atoms with Gasteiger partial charge in [-0.2, -0.15) is 0 Å². The topological polar surface area (TPSA) is 106 Å². The lowest BCUT2D eigenvalue weighted by Gasteiger charge is -2.34. The molecule has 3 heterocycles. The summed E-state index contributed by atoms with van der Waals surface area (Å²) in [6.07, 6.45) is 10.8. The quantitative estimate of drug-likeness (QED) is 0.309. The molecule has 2 aromatic carbocycles. The number of anilines is 1. The molecule has 3 amide bonds. The molecule has 2 N–H and O–H groups in total. The van der Waals surface area contributed by atoms with E-state index in [2.05, 4.69) is 10.6 Å². The van der Waals surface area contributed by atoms with Gasteiger partial charge in [-0.15, -0.1) is 11.8 Å². The zero-order valence-corrected chi connectivity index (χ0v) is 25.7. The predicted molar refractivity (Wildman–Crippen MR) is 164 cm³/mol. The lowest BCUT2D eigenvalue weighted by atomic mass is 9.74. The molecule has 0 radical (unpaired) electrons. The van der Waals surface area contributed by atoms with E-state index < -0.39 is 29.6 Å². The first kappa shape index (κ1) is 29.6. The monoisotopic (exact) mass is 605 g/mol. The molecule has 228 valence electrons. The number of hydrogen-bond acceptors (Lipinski definition) is 7. The fourth-order valence-electron chi connectivity index (χ4n) is 7.25. The Morgan fingerprint density at radius 2 is 1.84 bits per heavy atom. The van der Waals surface area contributed by atoms with Crippen LogP contribution in [0.15, 0.2) is 59.5 Å². The van der Waals surface area contributed by atoms with Crippen LogP contribution in [0.25, 0.3) is 0 Å². The van der Waals surface area contributed by atoms with Crippen LogP contribution in [0.4, 0.5) is 5.69 Å². The normalized spacial score (nSPS) is 27.7. The predicted octanol–water partition coefficient (Wildman–Crippen LogP) is 4.21. The summed E-state index contributed by atoms with van der Waals surface area (Å²) >= 11 is 1.59. The number of hydrogen-bond donors (Lipinski definition) is 2. The Balaban J connectivity index is 1.28. The lowest BCUT2D eigenvalue weighted by Crippen LogP contribution is -2.56. The average Bonchev–Trinajstić information content (AvgIpc) is 3.67. The molecular weight excluding hydrogens is 566 g/mol. The van der Waals surface area contributed by atoms with Crippen molar-refractivity contribution in [3.63, 3.8) is 0 Å². The summed E-state index contributed by atoms with van der Waals surface area (Å²) in [7, 11) is 3.17. The Morgan fingerprint density at radius 1 is 1.05 bits per heavy atom. The van der Waals surface area contributed by atoms with Gasteiger partial charge in [0.05, 0.1) is 32.2 Å². The van der Waals surface area contributed by atoms with Gasteiger partial charge in [0, 0.05) is 23.2 Å². The van der Waals surface area contributed by atoms with Crippen molar-refractivity contribution in [3.05, 3.63) is 60.2 Å². The molecule has 3 aliphatic heterocycles. The van der Waals surface area contributed by atoms with Gasteiger partial charge in [0.2, 0.25) is 17.7 Å². The first-order chi connectivity index (χ1) is 20.9. The summed E-state index contributed by atoms with van der Waals surface area (Å²) < 4.78 is 17.4. The number of carbonyl (C=O) groups excluding carboxylic acids is 3. The van der Waals surface area contributed by atoms with E-state index >= 15 is 0 Å². The molecule has 10 heteroatoms. The van der Waals surface area contributed by atoms with Crippen molar-refractivity contribution in [3.8, 4) is 11.5 Å². The van der Waals surface area contributed by atoms with Crippen molar-refractivity contribution < 1.29 is 28.6 Å². The van der Waals surface area contributed by atoms with E-state index in [0.717, 1.165) is 36.1 Å². The molecule has 6 rings (SSSR count). The third kappa shape index (κ3) is 5.40. The van der Waals surface area contributed by atoms with E-state index in [-0.39, 0.29) is 23.8 Å². The van der Waals surface area contributed by atoms with Crippen LogP contribution < -0.4 is 20.1 Å². The van der Waals surface area contributed by atoms with Crippen LogP contribution in [0.5, 0.6) is 11.5 Å². The van der Waals surface area contributed by atoms with Gasteiger partial charge in [-0.05, 0) is 61.4 Å². The van der Waals surface area contributed by atoms with Crippen molar-refractivity contribution in [2.75, 3.05) is 32.3 Å². The van der Waals surface area contributed by atoms with Crippen LogP contribution in [0.3, 0.4) is 0 Å². The number of carbonyl (C=O) groups is 3. The maximum absolute atomic E-state index is 14.3. The number of methoxy groups -OCH3 is 2. The van der Waals surface area contributed by atoms with Gasteiger partial charge in [0.15, 0.2) is 11.5 Å². The van der Waals surface area contributed by atoms with Crippen LogP contribution in [-0.4, -0.2) is 73.4 Å². The summed E-state index contributed by atoms with van der Waals surface area (Å²) in [5, 5.41) is 6.26. The summed E-state index contributed by atoms with van der Waals surface area (Å²) in [5.41, 5.74) is 0.413. The Bertz CT molecular complexity index is 1430. The standard InChI is InChI=1S/C33H39N3O6S/c1-40-24-13-12-20(18-26(24)41-2)15-17-36-29(31(38)34-21-8-5-4-6-9-21)33-16-14-25(42-33)27(28(33)32(36)39)30(37)35-22-10-7-11-23(19-22)43-3/h7,10-14,16,18-19,21,25,27-29H,4-6,8-9,15,17H2,1-3H3,(H,34,38)(H,35,37). The molecule has 2 bridgehead atoms. The minimum atomic E-state index is -1.19. The second kappa shape index (κ2) is 12.2. The SMILES string of the molecule is COc1ccc(CCN2C(=O)C3C(C(=O)Nc4cccc(SC)c4)C4C=CC3(O4)C2C(=O)NC2CCCCC2)cc1OC. The number of nitrogens with zero attached hydrogens (tertiary/aromatic N) is 1. The fraction of sp³-hybridized carbons (Fsp3) is 0.485. The number of amides is 3. The van der Waals surface area contributed by atoms with Crippen molar-refractivity contribution in [2.24, 2.45) is 11.8 Å². The Morgan fingerprint density at radius 3 is 2.58 bits per heavy atom. The molecule has 2 aromatic rings. The molecule has 4 aliphatic rings. The molecule has 1 saturated carbocycles. The van der Waals surface area contributed by atoms with Gasteiger partial charge in [0.25, 0.3) is 0 Å². The van der Waals surface area contributed by atoms with Crippen molar-refractivity contribution in [2.45, 2.75) is 67.2 Å². The van der Waals surface area contributed by atoms with Gasteiger partial charge in [-0.25, -0.2) is 0 Å². The molecule has 1 spiro atoms. The van der Waals surface area contributed by atoms with Crippen molar-refractivity contribution >= 4 is 35.2 Å². The number of likely N-dealkylation sites (tertiary alicyclic amines) is 1. The maximum Gasteiger partial charge on any atom is 0.246 e. The first-order valence-electron chi connectivity index (χ1n) is 15.0. The number of fused-ring (bicyclic) bond motifs is 1. The second-order valence-electron chi connectivity index (χ2n) is 11.7. The van der Waals surface area contributed by atoms with E-state index in [9.17, 15) is 14.4 Å². The highest BCUT2D eigenvalue weighted by Gasteiger charge is 2.72. The molecule has 5 atom stereocenters. The number of nitrogens with one attached hydrogen (secondary N) is 2. The smallest absolute Gasteiger partial charge is 0.246 e. The van der Waals surface area contributed by atoms with E-state index in [0.29, 0.717) is 30.2 Å². The Hall–Kier alpha value is -3.50. The first-order valence-corrected chi connectivity index (χ1v) is 16.2. The van der Waals surface area contributed by atoms with Gasteiger partial charge in [-0.1, -0.05) is 43.5 Å². The van der Waals surface area contributed by atoms with Crippen molar-refractivity contribution in [1.82, 2.24) is 10.2 Å².